The van der Waals surface area contributed by atoms with Crippen molar-refractivity contribution >= 4 is 11.8 Å². The Labute approximate surface area is 99.1 Å². The van der Waals surface area contributed by atoms with Crippen molar-refractivity contribution in [3.63, 3.8) is 0 Å². The lowest BCUT2D eigenvalue weighted by atomic mass is 10.0. The molecule has 0 fully saturated rings. The molecule has 0 aromatic carbocycles. The first kappa shape index (κ1) is 11.9. The summed E-state index contributed by atoms with van der Waals surface area (Å²) in [4.78, 5) is 23.7. The molecular weight excluding hydrogens is 222 g/mol. The number of fused-ring (bicyclic) bond motifs is 1. The molecule has 0 unspecified atom stereocenters. The van der Waals surface area contributed by atoms with Gasteiger partial charge in [0.05, 0.1) is 18.7 Å². The summed E-state index contributed by atoms with van der Waals surface area (Å²) < 4.78 is 10.4. The van der Waals surface area contributed by atoms with Gasteiger partial charge in [-0.2, -0.15) is 0 Å². The van der Waals surface area contributed by atoms with E-state index in [0.29, 0.717) is 36.6 Å². The van der Waals surface area contributed by atoms with Gasteiger partial charge >= 0.3 is 5.97 Å². The highest BCUT2D eigenvalue weighted by molar-refractivity contribution is 6.08. The summed E-state index contributed by atoms with van der Waals surface area (Å²) in [6, 6.07) is 0. The topological polar surface area (TPSA) is 68.5 Å². The molecule has 1 aliphatic rings. The predicted molar refractivity (Wildman–Crippen MR) is 60.1 cm³/mol. The van der Waals surface area contributed by atoms with Crippen molar-refractivity contribution in [2.24, 2.45) is 0 Å². The van der Waals surface area contributed by atoms with Gasteiger partial charge in [-0.1, -0.05) is 0 Å². The van der Waals surface area contributed by atoms with Crippen LogP contribution in [0.4, 0.5) is 0 Å². The van der Waals surface area contributed by atoms with Crippen LogP contribution in [0.5, 0.6) is 0 Å². The van der Waals surface area contributed by atoms with Gasteiger partial charge in [-0.25, -0.2) is 4.79 Å². The Hall–Kier alpha value is -1.62. The quantitative estimate of drug-likeness (QED) is 0.788. The van der Waals surface area contributed by atoms with Crippen LogP contribution in [0.2, 0.25) is 0 Å². The van der Waals surface area contributed by atoms with Crippen LogP contribution in [0.15, 0.2) is 4.42 Å². The van der Waals surface area contributed by atoms with Crippen LogP contribution in [0, 0.1) is 6.92 Å². The Balaban J connectivity index is 2.48. The van der Waals surface area contributed by atoms with Crippen molar-refractivity contribution in [3.05, 3.63) is 22.6 Å². The lowest BCUT2D eigenvalue weighted by Gasteiger charge is -2.02. The van der Waals surface area contributed by atoms with Gasteiger partial charge in [0.15, 0.2) is 5.78 Å². The Kier molecular flexibility index (Phi) is 3.28. The summed E-state index contributed by atoms with van der Waals surface area (Å²) in [5.74, 6) is 0.439. The molecule has 0 amide bonds. The first-order chi connectivity index (χ1) is 8.15. The number of carbonyl (C=O) groups excluding carboxylic acids is 2. The van der Waals surface area contributed by atoms with Crippen LogP contribution in [0.25, 0.3) is 0 Å². The van der Waals surface area contributed by atoms with E-state index >= 15 is 0 Å². The number of rotatable bonds is 2. The maximum atomic E-state index is 11.9. The smallest absolute Gasteiger partial charge is 0.342 e. The van der Waals surface area contributed by atoms with Crippen molar-refractivity contribution in [3.8, 4) is 0 Å². The van der Waals surface area contributed by atoms with Crippen LogP contribution in [0.1, 0.15) is 45.6 Å². The van der Waals surface area contributed by atoms with E-state index in [1.54, 1.807) is 13.8 Å². The van der Waals surface area contributed by atoms with Gasteiger partial charge in [-0.3, -0.25) is 4.79 Å². The Morgan fingerprint density at radius 2 is 2.29 bits per heavy atom. The standard InChI is InChI=1S/C12H15NO4/c1-3-16-12(15)10-7(2)17-9-6-13-5-4-8(14)11(9)10/h13H,3-6H2,1-2H3. The van der Waals surface area contributed by atoms with Crippen molar-refractivity contribution in [2.45, 2.75) is 26.8 Å². The number of furan rings is 1. The van der Waals surface area contributed by atoms with Crippen LogP contribution in [-0.2, 0) is 11.3 Å². The molecule has 0 saturated heterocycles. The molecule has 0 saturated carbocycles. The number of aryl methyl sites for hydroxylation is 1. The summed E-state index contributed by atoms with van der Waals surface area (Å²) in [7, 11) is 0. The number of hydrogen-bond acceptors (Lipinski definition) is 5. The third-order valence-corrected chi connectivity index (χ3v) is 2.73. The van der Waals surface area contributed by atoms with E-state index in [9.17, 15) is 9.59 Å². The maximum Gasteiger partial charge on any atom is 0.342 e. The number of ether oxygens (including phenoxy) is 1. The zero-order chi connectivity index (χ0) is 12.4. The number of Topliss-reactive ketones (excluding diaryl/α,β-unsaturated/α-hetero) is 1. The number of hydrogen-bond donors (Lipinski definition) is 1. The van der Waals surface area contributed by atoms with Crippen LogP contribution >= 0.6 is 0 Å². The highest BCUT2D eigenvalue weighted by atomic mass is 16.5. The first-order valence-electron chi connectivity index (χ1n) is 5.68. The molecule has 1 aromatic heterocycles. The highest BCUT2D eigenvalue weighted by Crippen LogP contribution is 2.26. The molecule has 2 rings (SSSR count). The Morgan fingerprint density at radius 1 is 1.53 bits per heavy atom. The molecule has 1 aliphatic heterocycles. The first-order valence-corrected chi connectivity index (χ1v) is 5.68. The maximum absolute atomic E-state index is 11.9. The summed E-state index contributed by atoms with van der Waals surface area (Å²) in [6.07, 6.45) is 0.373. The molecule has 0 aliphatic carbocycles. The van der Waals surface area contributed by atoms with E-state index in [4.69, 9.17) is 9.15 Å². The number of carbonyl (C=O) groups is 2. The SMILES string of the molecule is CCOC(=O)c1c(C)oc2c1C(=O)CCNC2. The predicted octanol–water partition coefficient (Wildman–Crippen LogP) is 1.44. The van der Waals surface area contributed by atoms with E-state index in [1.165, 1.54) is 0 Å². The molecule has 5 heteroatoms. The van der Waals surface area contributed by atoms with Gasteiger partial charge in [0.2, 0.25) is 0 Å². The van der Waals surface area contributed by atoms with Gasteiger partial charge in [-0.15, -0.1) is 0 Å². The van der Waals surface area contributed by atoms with Gasteiger partial charge in [-0.05, 0) is 13.8 Å². The molecule has 1 N–H and O–H groups in total. The zero-order valence-electron chi connectivity index (χ0n) is 9.96. The van der Waals surface area contributed by atoms with Crippen molar-refractivity contribution in [2.75, 3.05) is 13.2 Å². The average Bonchev–Trinajstić information content (AvgIpc) is 2.51. The van der Waals surface area contributed by atoms with E-state index in [2.05, 4.69) is 5.32 Å². The van der Waals surface area contributed by atoms with E-state index in [1.807, 2.05) is 0 Å². The molecule has 92 valence electrons. The Bertz CT molecular complexity index is 461. The molecule has 2 heterocycles. The fourth-order valence-electron chi connectivity index (χ4n) is 2.00. The van der Waals surface area contributed by atoms with E-state index < -0.39 is 5.97 Å². The fourth-order valence-corrected chi connectivity index (χ4v) is 2.00. The third kappa shape index (κ3) is 2.10. The summed E-state index contributed by atoms with van der Waals surface area (Å²) >= 11 is 0. The summed E-state index contributed by atoms with van der Waals surface area (Å²) in [6.45, 7) is 4.76. The fraction of sp³-hybridized carbons (Fsp3) is 0.500. The number of nitrogens with one attached hydrogen (secondary N) is 1. The van der Waals surface area contributed by atoms with Crippen molar-refractivity contribution in [1.29, 1.82) is 0 Å². The average molecular weight is 237 g/mol. The Morgan fingerprint density at radius 3 is 3.00 bits per heavy atom. The van der Waals surface area contributed by atoms with Crippen molar-refractivity contribution < 1.29 is 18.7 Å². The van der Waals surface area contributed by atoms with Crippen LogP contribution in [0.3, 0.4) is 0 Å². The summed E-state index contributed by atoms with van der Waals surface area (Å²) in [5, 5.41) is 3.08. The van der Waals surface area contributed by atoms with Gasteiger partial charge in [0, 0.05) is 13.0 Å². The molecule has 0 bridgehead atoms. The van der Waals surface area contributed by atoms with E-state index in [-0.39, 0.29) is 18.0 Å². The molecular formula is C12H15NO4. The minimum atomic E-state index is -0.481. The second kappa shape index (κ2) is 4.71. The molecule has 0 radical (unpaired) electrons. The monoisotopic (exact) mass is 237 g/mol. The highest BCUT2D eigenvalue weighted by Gasteiger charge is 2.29. The molecule has 5 nitrogen and oxygen atoms in total. The van der Waals surface area contributed by atoms with Crippen LogP contribution < -0.4 is 5.32 Å². The van der Waals surface area contributed by atoms with Gasteiger partial charge in [0.1, 0.15) is 17.1 Å². The number of esters is 1. The van der Waals surface area contributed by atoms with Crippen molar-refractivity contribution in [1.82, 2.24) is 5.32 Å². The molecule has 1 aromatic rings. The second-order valence-electron chi connectivity index (χ2n) is 3.90. The largest absolute Gasteiger partial charge is 0.463 e. The molecule has 0 spiro atoms. The van der Waals surface area contributed by atoms with Gasteiger partial charge < -0.3 is 14.5 Å². The third-order valence-electron chi connectivity index (χ3n) is 2.73. The van der Waals surface area contributed by atoms with Gasteiger partial charge in [0.25, 0.3) is 0 Å². The lowest BCUT2D eigenvalue weighted by molar-refractivity contribution is 0.0521. The summed E-state index contributed by atoms with van der Waals surface area (Å²) in [5.41, 5.74) is 0.682. The molecule has 0 atom stereocenters. The number of ketones is 1. The second-order valence-corrected chi connectivity index (χ2v) is 3.90. The van der Waals surface area contributed by atoms with E-state index in [0.717, 1.165) is 0 Å². The minimum absolute atomic E-state index is 0.0649. The molecule has 17 heavy (non-hydrogen) atoms. The normalized spacial score (nSPS) is 15.3. The lowest BCUT2D eigenvalue weighted by Crippen LogP contribution is -2.13. The van der Waals surface area contributed by atoms with Crippen LogP contribution in [-0.4, -0.2) is 24.9 Å². The minimum Gasteiger partial charge on any atom is -0.463 e. The zero-order valence-corrected chi connectivity index (χ0v) is 9.96.